The maximum Gasteiger partial charge on any atom is 0.312 e. The van der Waals surface area contributed by atoms with E-state index < -0.39 is 41.6 Å². The van der Waals surface area contributed by atoms with Crippen LogP contribution < -0.4 is 4.90 Å². The second kappa shape index (κ2) is 10.6. The number of carbonyl (C=O) groups is 3. The number of para-hydroxylation sites is 1. The monoisotopic (exact) mass is 512 g/mol. The van der Waals surface area contributed by atoms with E-state index in [1.54, 1.807) is 22.8 Å². The Morgan fingerprint density at radius 1 is 1.32 bits per heavy atom. The first kappa shape index (κ1) is 27.3. The number of nitrogens with zero attached hydrogens (tertiary/aromatic N) is 2. The number of hydrogen-bond acceptors (Lipinski definition) is 6. The van der Waals surface area contributed by atoms with Crippen molar-refractivity contribution in [2.45, 2.75) is 77.7 Å². The molecule has 3 aliphatic heterocycles. The van der Waals surface area contributed by atoms with Gasteiger partial charge >= 0.3 is 5.97 Å². The summed E-state index contributed by atoms with van der Waals surface area (Å²) in [6, 6.07) is 4.30. The minimum atomic E-state index is -1.15. The zero-order valence-corrected chi connectivity index (χ0v) is 22.6. The van der Waals surface area contributed by atoms with E-state index in [-0.39, 0.29) is 37.5 Å². The van der Waals surface area contributed by atoms with Crippen LogP contribution in [0.3, 0.4) is 0 Å². The van der Waals surface area contributed by atoms with Crippen LogP contribution in [0.1, 0.15) is 51.2 Å². The fraction of sp³-hybridized carbons (Fsp3) is 0.621. The third-order valence-corrected chi connectivity index (χ3v) is 8.66. The lowest BCUT2D eigenvalue weighted by Gasteiger charge is -2.41. The molecule has 8 nitrogen and oxygen atoms in total. The van der Waals surface area contributed by atoms with E-state index in [2.05, 4.69) is 6.58 Å². The van der Waals surface area contributed by atoms with E-state index in [1.165, 1.54) is 0 Å². The average Bonchev–Trinajstić information content (AvgIpc) is 3.51. The normalized spacial score (nSPS) is 29.7. The van der Waals surface area contributed by atoms with Gasteiger partial charge in [0.2, 0.25) is 5.91 Å². The molecule has 8 heteroatoms. The number of rotatable bonds is 10. The number of aliphatic hydroxyl groups is 1. The molecule has 0 saturated carbocycles. The summed E-state index contributed by atoms with van der Waals surface area (Å²) in [5.74, 6) is -2.68. The van der Waals surface area contributed by atoms with Gasteiger partial charge in [0.15, 0.2) is 0 Å². The van der Waals surface area contributed by atoms with Crippen LogP contribution in [0.15, 0.2) is 30.9 Å². The molecule has 2 bridgehead atoms. The van der Waals surface area contributed by atoms with Gasteiger partial charge in [0.05, 0.1) is 37.2 Å². The Balaban J connectivity index is 1.87. The van der Waals surface area contributed by atoms with E-state index in [0.29, 0.717) is 19.3 Å². The first-order valence-corrected chi connectivity index (χ1v) is 13.4. The van der Waals surface area contributed by atoms with E-state index in [9.17, 15) is 19.5 Å². The number of esters is 1. The van der Waals surface area contributed by atoms with Crippen LogP contribution in [0.5, 0.6) is 0 Å². The second-order valence-corrected chi connectivity index (χ2v) is 10.7. The van der Waals surface area contributed by atoms with Gasteiger partial charge in [0.1, 0.15) is 11.6 Å². The minimum Gasteiger partial charge on any atom is -0.466 e. The Bertz CT molecular complexity index is 1050. The summed E-state index contributed by atoms with van der Waals surface area (Å²) in [6.07, 6.45) is 2.99. The van der Waals surface area contributed by atoms with Crippen molar-refractivity contribution >= 4 is 23.5 Å². The highest BCUT2D eigenvalue weighted by Crippen LogP contribution is 2.59. The largest absolute Gasteiger partial charge is 0.466 e. The van der Waals surface area contributed by atoms with E-state index in [1.807, 2.05) is 45.9 Å². The number of hydrogen-bond donors (Lipinski definition) is 1. The highest BCUT2D eigenvalue weighted by atomic mass is 16.6. The smallest absolute Gasteiger partial charge is 0.312 e. The predicted molar refractivity (Wildman–Crippen MR) is 140 cm³/mol. The van der Waals surface area contributed by atoms with E-state index >= 15 is 0 Å². The summed E-state index contributed by atoms with van der Waals surface area (Å²) >= 11 is 0. The average molecular weight is 513 g/mol. The van der Waals surface area contributed by atoms with Crippen LogP contribution in [-0.4, -0.2) is 71.3 Å². The van der Waals surface area contributed by atoms with Crippen LogP contribution in [0.25, 0.3) is 0 Å². The molecule has 0 radical (unpaired) electrons. The summed E-state index contributed by atoms with van der Waals surface area (Å²) in [7, 11) is 0. The van der Waals surface area contributed by atoms with Crippen LogP contribution in [0.4, 0.5) is 5.69 Å². The van der Waals surface area contributed by atoms with Gasteiger partial charge in [-0.05, 0) is 50.7 Å². The molecule has 1 spiro atoms. The summed E-state index contributed by atoms with van der Waals surface area (Å²) in [5, 5.41) is 10.5. The molecule has 1 aromatic carbocycles. The molecule has 3 heterocycles. The molecule has 7 atom stereocenters. The fourth-order valence-electron chi connectivity index (χ4n) is 6.85. The first-order chi connectivity index (χ1) is 17.7. The van der Waals surface area contributed by atoms with E-state index in [0.717, 1.165) is 16.8 Å². The molecule has 37 heavy (non-hydrogen) atoms. The molecule has 2 unspecified atom stereocenters. The van der Waals surface area contributed by atoms with Gasteiger partial charge in [-0.3, -0.25) is 14.4 Å². The van der Waals surface area contributed by atoms with Crippen molar-refractivity contribution in [3.05, 3.63) is 42.0 Å². The Morgan fingerprint density at radius 2 is 2.00 bits per heavy atom. The Labute approximate surface area is 219 Å². The molecule has 0 aromatic heterocycles. The van der Waals surface area contributed by atoms with Gasteiger partial charge in [-0.1, -0.05) is 44.5 Å². The maximum absolute atomic E-state index is 14.7. The molecule has 0 aliphatic carbocycles. The quantitative estimate of drug-likeness (QED) is 0.382. The summed E-state index contributed by atoms with van der Waals surface area (Å²) in [6.45, 7) is 13.7. The van der Waals surface area contributed by atoms with Crippen molar-refractivity contribution in [3.8, 4) is 0 Å². The van der Waals surface area contributed by atoms with Gasteiger partial charge in [-0.25, -0.2) is 0 Å². The predicted octanol–water partition coefficient (Wildman–Crippen LogP) is 3.17. The van der Waals surface area contributed by atoms with Crippen molar-refractivity contribution in [3.63, 3.8) is 0 Å². The molecule has 1 aromatic rings. The number of ether oxygens (including phenoxy) is 2. The molecule has 4 rings (SSSR count). The topological polar surface area (TPSA) is 96.4 Å². The Hall–Kier alpha value is -2.71. The lowest BCUT2D eigenvalue weighted by molar-refractivity contribution is -0.155. The Morgan fingerprint density at radius 3 is 2.57 bits per heavy atom. The fourth-order valence-corrected chi connectivity index (χ4v) is 6.85. The highest BCUT2D eigenvalue weighted by molar-refractivity contribution is 6.05. The molecule has 2 amide bonds. The van der Waals surface area contributed by atoms with Crippen molar-refractivity contribution < 1.29 is 29.0 Å². The first-order valence-electron chi connectivity index (χ1n) is 13.4. The third-order valence-electron chi connectivity index (χ3n) is 8.66. The summed E-state index contributed by atoms with van der Waals surface area (Å²) in [4.78, 5) is 45.2. The SMILES string of the molecule is C=CCN(C(=O)C1N([C@@H](CO)[C@@H](C)CC)C(=O)[C@@H]2[C@@H](C(=O)OCC)[C@H]3CCC12O3)c1c(C)cccc1C. The molecular formula is C29H40N2O6. The van der Waals surface area contributed by atoms with Crippen molar-refractivity contribution in [1.82, 2.24) is 4.90 Å². The number of aliphatic hydroxyl groups excluding tert-OH is 1. The van der Waals surface area contributed by atoms with Crippen LogP contribution in [-0.2, 0) is 23.9 Å². The van der Waals surface area contributed by atoms with Crippen molar-refractivity contribution in [1.29, 1.82) is 0 Å². The third kappa shape index (κ3) is 4.18. The Kier molecular flexibility index (Phi) is 7.81. The lowest BCUT2D eigenvalue weighted by Crippen LogP contribution is -2.60. The number of benzene rings is 1. The second-order valence-electron chi connectivity index (χ2n) is 10.7. The number of aryl methyl sites for hydroxylation is 2. The molecule has 3 saturated heterocycles. The molecule has 1 N–H and O–H groups in total. The van der Waals surface area contributed by atoms with Gasteiger partial charge in [0, 0.05) is 12.2 Å². The minimum absolute atomic E-state index is 0.0641. The van der Waals surface area contributed by atoms with Gasteiger partial charge in [-0.2, -0.15) is 0 Å². The zero-order chi connectivity index (χ0) is 27.1. The number of anilines is 1. The molecule has 3 aliphatic rings. The van der Waals surface area contributed by atoms with Crippen LogP contribution in [0.2, 0.25) is 0 Å². The molecular weight excluding hydrogens is 472 g/mol. The summed E-state index contributed by atoms with van der Waals surface area (Å²) < 4.78 is 11.9. The van der Waals surface area contributed by atoms with Gasteiger partial charge < -0.3 is 24.4 Å². The highest BCUT2D eigenvalue weighted by Gasteiger charge is 2.75. The number of likely N-dealkylation sites (tertiary alicyclic amines) is 1. The molecule has 202 valence electrons. The zero-order valence-electron chi connectivity index (χ0n) is 22.6. The van der Waals surface area contributed by atoms with Gasteiger partial charge in [0.25, 0.3) is 5.91 Å². The number of fused-ring (bicyclic) bond motifs is 1. The molecule has 3 fully saturated rings. The van der Waals surface area contributed by atoms with Crippen LogP contribution in [0, 0.1) is 31.6 Å². The van der Waals surface area contributed by atoms with Crippen molar-refractivity contribution in [2.24, 2.45) is 17.8 Å². The standard InChI is InChI=1S/C29H40N2O6/c1-7-15-30(24-18(5)11-10-12-19(24)6)27(34)25-29-14-13-21(37-29)22(28(35)36-9-3)23(29)26(33)31(25)20(16-32)17(4)8-2/h7,10-12,17,20-23,25,32H,1,8-9,13-16H2,2-6H3/t17-,20-,21+,22-,23-,25?,29?/m0/s1. The van der Waals surface area contributed by atoms with Gasteiger partial charge in [-0.15, -0.1) is 6.58 Å². The van der Waals surface area contributed by atoms with Crippen molar-refractivity contribution in [2.75, 3.05) is 24.7 Å². The summed E-state index contributed by atoms with van der Waals surface area (Å²) in [5.41, 5.74) is 1.49. The van der Waals surface area contributed by atoms with Crippen LogP contribution >= 0.6 is 0 Å². The lowest BCUT2D eigenvalue weighted by atomic mass is 9.70. The number of carbonyl (C=O) groups excluding carboxylic acids is 3. The van der Waals surface area contributed by atoms with E-state index in [4.69, 9.17) is 9.47 Å². The maximum atomic E-state index is 14.7. The number of amides is 2.